The van der Waals surface area contributed by atoms with E-state index in [0.29, 0.717) is 12.5 Å². The second-order valence-corrected chi connectivity index (χ2v) is 7.30. The number of amides is 2. The van der Waals surface area contributed by atoms with Crippen LogP contribution in [-0.4, -0.2) is 33.8 Å². The molecule has 0 bridgehead atoms. The van der Waals surface area contributed by atoms with E-state index < -0.39 is 6.04 Å². The number of aromatic nitrogens is 1. The van der Waals surface area contributed by atoms with Crippen LogP contribution in [0.1, 0.15) is 37.4 Å². The molecule has 1 aliphatic carbocycles. The van der Waals surface area contributed by atoms with Crippen molar-refractivity contribution in [2.24, 2.45) is 11.8 Å². The third kappa shape index (κ3) is 2.81. The Morgan fingerprint density at radius 3 is 2.67 bits per heavy atom. The first-order chi connectivity index (χ1) is 9.97. The van der Waals surface area contributed by atoms with Crippen molar-refractivity contribution in [1.82, 2.24) is 15.2 Å². The van der Waals surface area contributed by atoms with Gasteiger partial charge in [0.05, 0.1) is 6.54 Å². The van der Waals surface area contributed by atoms with Crippen molar-refractivity contribution in [1.29, 1.82) is 0 Å². The van der Waals surface area contributed by atoms with Crippen molar-refractivity contribution >= 4 is 23.2 Å². The molecule has 2 unspecified atom stereocenters. The van der Waals surface area contributed by atoms with Gasteiger partial charge in [-0.05, 0) is 31.6 Å². The first kappa shape index (κ1) is 14.5. The Morgan fingerprint density at radius 2 is 2.14 bits per heavy atom. The number of carbonyl (C=O) groups is 2. The highest BCUT2D eigenvalue weighted by Crippen LogP contribution is 2.38. The Labute approximate surface area is 128 Å². The van der Waals surface area contributed by atoms with Crippen molar-refractivity contribution in [3.8, 4) is 0 Å². The molecule has 2 amide bonds. The van der Waals surface area contributed by atoms with Crippen LogP contribution in [0.15, 0.2) is 5.38 Å². The monoisotopic (exact) mass is 307 g/mol. The average Bonchev–Trinajstić information content (AvgIpc) is 3.16. The second kappa shape index (κ2) is 5.40. The van der Waals surface area contributed by atoms with Crippen molar-refractivity contribution in [3.63, 3.8) is 0 Å². The SMILES string of the molecule is Cc1csc(CN2C(=O)C(C(C)C)NC(=O)C2C2CC2)n1. The molecule has 3 rings (SSSR count). The van der Waals surface area contributed by atoms with Crippen LogP contribution in [0, 0.1) is 18.8 Å². The molecule has 21 heavy (non-hydrogen) atoms. The minimum absolute atomic E-state index is 0.00378. The minimum atomic E-state index is -0.409. The summed E-state index contributed by atoms with van der Waals surface area (Å²) in [5.41, 5.74) is 0.965. The van der Waals surface area contributed by atoms with Gasteiger partial charge in [0, 0.05) is 11.1 Å². The van der Waals surface area contributed by atoms with Gasteiger partial charge in [0.25, 0.3) is 0 Å². The van der Waals surface area contributed by atoms with Gasteiger partial charge >= 0.3 is 0 Å². The molecule has 1 saturated carbocycles. The van der Waals surface area contributed by atoms with Crippen LogP contribution in [0.5, 0.6) is 0 Å². The Bertz CT molecular complexity index is 565. The third-order valence-corrected chi connectivity index (χ3v) is 5.11. The molecule has 2 aliphatic rings. The van der Waals surface area contributed by atoms with Crippen LogP contribution in [0.4, 0.5) is 0 Å². The average molecular weight is 307 g/mol. The lowest BCUT2D eigenvalue weighted by molar-refractivity contribution is -0.152. The van der Waals surface area contributed by atoms with E-state index in [-0.39, 0.29) is 23.8 Å². The molecular formula is C15H21N3O2S. The summed E-state index contributed by atoms with van der Waals surface area (Å²) in [6, 6.07) is -0.717. The third-order valence-electron chi connectivity index (χ3n) is 4.16. The fraction of sp³-hybridized carbons (Fsp3) is 0.667. The minimum Gasteiger partial charge on any atom is -0.342 e. The van der Waals surface area contributed by atoms with Gasteiger partial charge in [0.1, 0.15) is 17.1 Å². The van der Waals surface area contributed by atoms with Crippen LogP contribution in [0.2, 0.25) is 0 Å². The largest absolute Gasteiger partial charge is 0.342 e. The molecule has 2 atom stereocenters. The van der Waals surface area contributed by atoms with E-state index in [9.17, 15) is 9.59 Å². The maximum Gasteiger partial charge on any atom is 0.246 e. The quantitative estimate of drug-likeness (QED) is 0.921. The van der Waals surface area contributed by atoms with Crippen molar-refractivity contribution in [2.45, 2.75) is 52.2 Å². The first-order valence-corrected chi connectivity index (χ1v) is 8.37. The van der Waals surface area contributed by atoms with E-state index in [2.05, 4.69) is 10.3 Å². The van der Waals surface area contributed by atoms with Crippen LogP contribution in [-0.2, 0) is 16.1 Å². The molecule has 1 aliphatic heterocycles. The number of hydrogen-bond donors (Lipinski definition) is 1. The summed E-state index contributed by atoms with van der Waals surface area (Å²) in [6.07, 6.45) is 2.07. The molecule has 5 nitrogen and oxygen atoms in total. The van der Waals surface area contributed by atoms with Gasteiger partial charge in [0.2, 0.25) is 11.8 Å². The molecule has 114 valence electrons. The number of nitrogens with one attached hydrogen (secondary N) is 1. The smallest absolute Gasteiger partial charge is 0.246 e. The standard InChI is InChI=1S/C15H21N3O2S/c1-8(2)12-15(20)18(6-11-16-9(3)7-21-11)13(10-4-5-10)14(19)17-12/h7-8,10,12-13H,4-6H2,1-3H3,(H,17,19). The summed E-state index contributed by atoms with van der Waals surface area (Å²) >= 11 is 1.55. The first-order valence-electron chi connectivity index (χ1n) is 7.49. The lowest BCUT2D eigenvalue weighted by Gasteiger charge is -2.40. The molecule has 1 N–H and O–H groups in total. The summed E-state index contributed by atoms with van der Waals surface area (Å²) in [4.78, 5) is 31.4. The molecular weight excluding hydrogens is 286 g/mol. The number of piperazine rings is 1. The lowest BCUT2D eigenvalue weighted by Crippen LogP contribution is -2.65. The Balaban J connectivity index is 1.86. The Hall–Kier alpha value is -1.43. The normalized spacial score (nSPS) is 26.4. The van der Waals surface area contributed by atoms with E-state index in [1.54, 1.807) is 16.2 Å². The molecule has 1 aromatic rings. The Kier molecular flexibility index (Phi) is 3.73. The second-order valence-electron chi connectivity index (χ2n) is 6.36. The zero-order valence-electron chi connectivity index (χ0n) is 12.6. The Morgan fingerprint density at radius 1 is 1.43 bits per heavy atom. The summed E-state index contributed by atoms with van der Waals surface area (Å²) < 4.78 is 0. The summed E-state index contributed by atoms with van der Waals surface area (Å²) in [7, 11) is 0. The predicted molar refractivity (Wildman–Crippen MR) is 80.7 cm³/mol. The van der Waals surface area contributed by atoms with E-state index in [1.807, 2.05) is 26.2 Å². The van der Waals surface area contributed by atoms with Crippen LogP contribution in [0.3, 0.4) is 0 Å². The van der Waals surface area contributed by atoms with Crippen LogP contribution >= 0.6 is 11.3 Å². The highest BCUT2D eigenvalue weighted by Gasteiger charge is 2.48. The van der Waals surface area contributed by atoms with Crippen LogP contribution < -0.4 is 5.32 Å². The number of aryl methyl sites for hydroxylation is 1. The number of thiazole rings is 1. The maximum atomic E-state index is 12.8. The summed E-state index contributed by atoms with van der Waals surface area (Å²) in [5.74, 6) is 0.462. The highest BCUT2D eigenvalue weighted by atomic mass is 32.1. The number of hydrogen-bond acceptors (Lipinski definition) is 4. The predicted octanol–water partition coefficient (Wildman–Crippen LogP) is 1.71. The van der Waals surface area contributed by atoms with Gasteiger partial charge in [0.15, 0.2) is 0 Å². The fourth-order valence-corrected chi connectivity index (χ4v) is 3.66. The molecule has 2 fully saturated rings. The van der Waals surface area contributed by atoms with E-state index in [0.717, 1.165) is 23.5 Å². The zero-order valence-corrected chi connectivity index (χ0v) is 13.4. The highest BCUT2D eigenvalue weighted by molar-refractivity contribution is 7.09. The molecule has 0 radical (unpaired) electrons. The summed E-state index contributed by atoms with van der Waals surface area (Å²) in [5, 5.41) is 5.80. The fourth-order valence-electron chi connectivity index (χ4n) is 2.89. The van der Waals surface area contributed by atoms with Crippen molar-refractivity contribution in [2.75, 3.05) is 0 Å². The molecule has 0 aromatic carbocycles. The van der Waals surface area contributed by atoms with E-state index in [4.69, 9.17) is 0 Å². The number of nitrogens with zero attached hydrogens (tertiary/aromatic N) is 2. The van der Waals surface area contributed by atoms with Crippen molar-refractivity contribution < 1.29 is 9.59 Å². The van der Waals surface area contributed by atoms with Gasteiger partial charge in [-0.15, -0.1) is 11.3 Å². The molecule has 2 heterocycles. The summed E-state index contributed by atoms with van der Waals surface area (Å²) in [6.45, 7) is 6.33. The van der Waals surface area contributed by atoms with Gasteiger partial charge in [-0.25, -0.2) is 4.98 Å². The lowest BCUT2D eigenvalue weighted by atomic mass is 9.96. The maximum absolute atomic E-state index is 12.8. The van der Waals surface area contributed by atoms with Crippen LogP contribution in [0.25, 0.3) is 0 Å². The van der Waals surface area contributed by atoms with Gasteiger partial charge < -0.3 is 10.2 Å². The molecule has 6 heteroatoms. The number of carbonyl (C=O) groups excluding carboxylic acids is 2. The van der Waals surface area contributed by atoms with E-state index in [1.165, 1.54) is 0 Å². The molecule has 1 aromatic heterocycles. The number of rotatable bonds is 4. The zero-order chi connectivity index (χ0) is 15.1. The molecule has 1 saturated heterocycles. The van der Waals surface area contributed by atoms with Gasteiger partial charge in [-0.1, -0.05) is 13.8 Å². The van der Waals surface area contributed by atoms with Gasteiger partial charge in [-0.3, -0.25) is 9.59 Å². The van der Waals surface area contributed by atoms with Gasteiger partial charge in [-0.2, -0.15) is 0 Å². The topological polar surface area (TPSA) is 62.3 Å². The van der Waals surface area contributed by atoms with Crippen molar-refractivity contribution in [3.05, 3.63) is 16.1 Å². The molecule has 0 spiro atoms. The van der Waals surface area contributed by atoms with E-state index >= 15 is 0 Å².